The lowest BCUT2D eigenvalue weighted by Crippen LogP contribution is -2.43. The van der Waals surface area contributed by atoms with Crippen molar-refractivity contribution in [1.82, 2.24) is 4.90 Å². The second kappa shape index (κ2) is 8.87. The van der Waals surface area contributed by atoms with Crippen molar-refractivity contribution in [3.05, 3.63) is 65.4 Å². The first kappa shape index (κ1) is 22.2. The third-order valence-electron chi connectivity index (χ3n) is 6.97. The SMILES string of the molecule is COc1ccc(C23CC=C(OC(=O)c4ccc(N(C)C)cc4)CC2N(C)CC3)cc1OC. The van der Waals surface area contributed by atoms with Gasteiger partial charge in [-0.2, -0.15) is 0 Å². The van der Waals surface area contributed by atoms with E-state index in [1.54, 1.807) is 14.2 Å². The Balaban J connectivity index is 1.56. The molecule has 1 saturated heterocycles. The quantitative estimate of drug-likeness (QED) is 0.631. The van der Waals surface area contributed by atoms with Crippen LogP contribution in [0.2, 0.25) is 0 Å². The number of hydrogen-bond acceptors (Lipinski definition) is 6. The summed E-state index contributed by atoms with van der Waals surface area (Å²) in [6, 6.07) is 14.0. The number of allylic oxidation sites excluding steroid dienone is 1. The third kappa shape index (κ3) is 3.95. The van der Waals surface area contributed by atoms with E-state index in [1.807, 2.05) is 49.3 Å². The molecule has 0 spiro atoms. The van der Waals surface area contributed by atoms with Crippen molar-refractivity contribution in [1.29, 1.82) is 0 Å². The van der Waals surface area contributed by atoms with Crippen LogP contribution in [0, 0.1) is 0 Å². The number of ether oxygens (including phenoxy) is 3. The maximum atomic E-state index is 12.8. The van der Waals surface area contributed by atoms with Gasteiger partial charge in [-0.1, -0.05) is 6.07 Å². The maximum Gasteiger partial charge on any atom is 0.343 e. The van der Waals surface area contributed by atoms with Crippen molar-refractivity contribution < 1.29 is 19.0 Å². The molecule has 0 aromatic heterocycles. The van der Waals surface area contributed by atoms with Crippen molar-refractivity contribution in [2.45, 2.75) is 30.7 Å². The summed E-state index contributed by atoms with van der Waals surface area (Å²) in [7, 11) is 9.42. The van der Waals surface area contributed by atoms with E-state index in [9.17, 15) is 4.79 Å². The molecule has 2 atom stereocenters. The first-order chi connectivity index (χ1) is 15.4. The number of carbonyl (C=O) groups excluding carboxylic acids is 1. The van der Waals surface area contributed by atoms with Gasteiger partial charge in [-0.3, -0.25) is 0 Å². The van der Waals surface area contributed by atoms with Gasteiger partial charge in [0.25, 0.3) is 0 Å². The van der Waals surface area contributed by atoms with Crippen LogP contribution in [-0.4, -0.2) is 58.8 Å². The summed E-state index contributed by atoms with van der Waals surface area (Å²) in [6.07, 6.45) is 4.66. The zero-order valence-electron chi connectivity index (χ0n) is 19.6. The molecule has 1 aliphatic carbocycles. The molecule has 4 rings (SSSR count). The van der Waals surface area contributed by atoms with Crippen LogP contribution in [0.5, 0.6) is 11.5 Å². The number of nitrogens with zero attached hydrogens (tertiary/aromatic N) is 2. The minimum Gasteiger partial charge on any atom is -0.493 e. The molecule has 0 saturated carbocycles. The highest BCUT2D eigenvalue weighted by Gasteiger charge is 2.49. The lowest BCUT2D eigenvalue weighted by atomic mass is 9.68. The van der Waals surface area contributed by atoms with Gasteiger partial charge < -0.3 is 24.0 Å². The number of rotatable bonds is 6. The van der Waals surface area contributed by atoms with Crippen LogP contribution in [0.25, 0.3) is 0 Å². The number of benzene rings is 2. The van der Waals surface area contributed by atoms with Crippen LogP contribution in [0.1, 0.15) is 35.2 Å². The molecule has 1 fully saturated rings. The highest BCUT2D eigenvalue weighted by molar-refractivity contribution is 5.90. The minimum absolute atomic E-state index is 0.0302. The van der Waals surface area contributed by atoms with Gasteiger partial charge in [-0.25, -0.2) is 4.79 Å². The first-order valence-corrected chi connectivity index (χ1v) is 11.0. The lowest BCUT2D eigenvalue weighted by Gasteiger charge is -2.40. The molecule has 1 heterocycles. The van der Waals surface area contributed by atoms with Crippen LogP contribution in [0.4, 0.5) is 5.69 Å². The summed E-state index contributed by atoms with van der Waals surface area (Å²) in [4.78, 5) is 17.1. The molecular formula is C26H32N2O4. The van der Waals surface area contributed by atoms with E-state index >= 15 is 0 Å². The van der Waals surface area contributed by atoms with Crippen molar-refractivity contribution in [3.63, 3.8) is 0 Å². The largest absolute Gasteiger partial charge is 0.493 e. The van der Waals surface area contributed by atoms with E-state index < -0.39 is 0 Å². The predicted octanol–water partition coefficient (Wildman–Crippen LogP) is 4.25. The molecule has 2 aliphatic rings. The van der Waals surface area contributed by atoms with E-state index in [4.69, 9.17) is 14.2 Å². The number of hydrogen-bond donors (Lipinski definition) is 0. The van der Waals surface area contributed by atoms with Gasteiger partial charge in [-0.15, -0.1) is 0 Å². The van der Waals surface area contributed by atoms with Crippen molar-refractivity contribution in [2.75, 3.05) is 46.8 Å². The number of fused-ring (bicyclic) bond motifs is 1. The van der Waals surface area contributed by atoms with Gasteiger partial charge in [0.15, 0.2) is 11.5 Å². The van der Waals surface area contributed by atoms with E-state index in [-0.39, 0.29) is 17.4 Å². The molecule has 0 N–H and O–H groups in total. The lowest BCUT2D eigenvalue weighted by molar-refractivity contribution is 0.0579. The Labute approximate surface area is 190 Å². The van der Waals surface area contributed by atoms with Crippen LogP contribution >= 0.6 is 0 Å². The van der Waals surface area contributed by atoms with E-state index in [2.05, 4.69) is 30.2 Å². The Morgan fingerprint density at radius 2 is 1.78 bits per heavy atom. The summed E-state index contributed by atoms with van der Waals surface area (Å²) in [6.45, 7) is 1.00. The molecule has 6 heteroatoms. The smallest absolute Gasteiger partial charge is 0.343 e. The Hall–Kier alpha value is -2.99. The normalized spacial score (nSPS) is 22.7. The van der Waals surface area contributed by atoms with Crippen molar-refractivity contribution in [3.8, 4) is 11.5 Å². The van der Waals surface area contributed by atoms with Crippen LogP contribution in [0.3, 0.4) is 0 Å². The Bertz CT molecular complexity index is 1010. The number of likely N-dealkylation sites (N-methyl/N-ethyl adjacent to an activating group) is 1. The van der Waals surface area contributed by atoms with Crippen LogP contribution < -0.4 is 14.4 Å². The van der Waals surface area contributed by atoms with Gasteiger partial charge in [0, 0.05) is 37.7 Å². The van der Waals surface area contributed by atoms with E-state index in [0.717, 1.165) is 42.3 Å². The second-order valence-electron chi connectivity index (χ2n) is 8.88. The summed E-state index contributed by atoms with van der Waals surface area (Å²) >= 11 is 0. The fraction of sp³-hybridized carbons (Fsp3) is 0.423. The van der Waals surface area contributed by atoms with Gasteiger partial charge in [0.1, 0.15) is 5.76 Å². The molecular weight excluding hydrogens is 404 g/mol. The molecule has 6 nitrogen and oxygen atoms in total. The second-order valence-corrected chi connectivity index (χ2v) is 8.88. The zero-order chi connectivity index (χ0) is 22.9. The standard InChI is InChI=1S/C26H32N2O4/c1-27(2)20-9-6-18(7-10-20)25(29)32-21-12-13-26(14-15-28(3)24(26)17-21)19-8-11-22(30-4)23(16-19)31-5/h6-12,16,24H,13-15,17H2,1-5H3. The molecule has 0 bridgehead atoms. The molecule has 2 aromatic rings. The number of esters is 1. The van der Waals surface area contributed by atoms with Crippen LogP contribution in [-0.2, 0) is 10.2 Å². The molecule has 0 radical (unpaired) electrons. The topological polar surface area (TPSA) is 51.2 Å². The van der Waals surface area contributed by atoms with Crippen molar-refractivity contribution in [2.24, 2.45) is 0 Å². The van der Waals surface area contributed by atoms with Crippen LogP contribution in [0.15, 0.2) is 54.3 Å². The highest BCUT2D eigenvalue weighted by atomic mass is 16.5. The summed E-state index contributed by atoms with van der Waals surface area (Å²) in [5.41, 5.74) is 2.82. The van der Waals surface area contributed by atoms with Gasteiger partial charge in [-0.05, 0) is 74.5 Å². The molecule has 170 valence electrons. The monoisotopic (exact) mass is 436 g/mol. The molecule has 2 aromatic carbocycles. The third-order valence-corrected chi connectivity index (χ3v) is 6.97. The van der Waals surface area contributed by atoms with Gasteiger partial charge in [0.05, 0.1) is 19.8 Å². The summed E-state index contributed by atoms with van der Waals surface area (Å²) in [5.74, 6) is 1.93. The number of anilines is 1. The fourth-order valence-electron chi connectivity index (χ4n) is 5.04. The molecule has 1 aliphatic heterocycles. The molecule has 0 amide bonds. The van der Waals surface area contributed by atoms with Gasteiger partial charge >= 0.3 is 5.97 Å². The Morgan fingerprint density at radius 1 is 1.06 bits per heavy atom. The summed E-state index contributed by atoms with van der Waals surface area (Å²) in [5, 5.41) is 0. The maximum absolute atomic E-state index is 12.8. The molecule has 32 heavy (non-hydrogen) atoms. The molecule has 2 unspecified atom stereocenters. The first-order valence-electron chi connectivity index (χ1n) is 11.0. The number of methoxy groups -OCH3 is 2. The fourth-order valence-corrected chi connectivity index (χ4v) is 5.04. The highest BCUT2D eigenvalue weighted by Crippen LogP contribution is 2.49. The predicted molar refractivity (Wildman–Crippen MR) is 126 cm³/mol. The van der Waals surface area contributed by atoms with Gasteiger partial charge in [0.2, 0.25) is 0 Å². The average Bonchev–Trinajstić information content (AvgIpc) is 3.15. The summed E-state index contributed by atoms with van der Waals surface area (Å²) < 4.78 is 16.8. The Morgan fingerprint density at radius 3 is 2.44 bits per heavy atom. The number of carbonyl (C=O) groups is 1. The Kier molecular flexibility index (Phi) is 6.15. The van der Waals surface area contributed by atoms with E-state index in [0.29, 0.717) is 12.0 Å². The zero-order valence-corrected chi connectivity index (χ0v) is 19.6. The number of likely N-dealkylation sites (tertiary alicyclic amines) is 1. The van der Waals surface area contributed by atoms with Crippen molar-refractivity contribution >= 4 is 11.7 Å². The van der Waals surface area contributed by atoms with E-state index in [1.165, 1.54) is 5.56 Å². The average molecular weight is 437 g/mol. The minimum atomic E-state index is -0.305.